The van der Waals surface area contributed by atoms with Crippen LogP contribution in [0.4, 0.5) is 5.69 Å². The van der Waals surface area contributed by atoms with E-state index in [-0.39, 0.29) is 11.8 Å². The molecule has 0 amide bonds. The zero-order valence-electron chi connectivity index (χ0n) is 18.0. The highest BCUT2D eigenvalue weighted by atomic mass is 16.5. The molecule has 5 rings (SSSR count). The largest absolute Gasteiger partial charge is 0.507 e. The van der Waals surface area contributed by atoms with Crippen molar-refractivity contribution < 1.29 is 14.6 Å². The van der Waals surface area contributed by atoms with Crippen molar-refractivity contribution in [3.8, 4) is 17.2 Å². The number of hydrazone groups is 1. The molecular formula is C27H24N2O3. The number of benzene rings is 4. The van der Waals surface area contributed by atoms with E-state index in [0.29, 0.717) is 17.7 Å². The zero-order valence-corrected chi connectivity index (χ0v) is 18.0. The van der Waals surface area contributed by atoms with E-state index in [1.807, 2.05) is 41.4 Å². The van der Waals surface area contributed by atoms with Crippen molar-refractivity contribution in [2.24, 2.45) is 5.10 Å². The maximum Gasteiger partial charge on any atom is 0.128 e. The van der Waals surface area contributed by atoms with Crippen LogP contribution >= 0.6 is 0 Å². The van der Waals surface area contributed by atoms with Crippen LogP contribution in [0.25, 0.3) is 10.8 Å². The highest BCUT2D eigenvalue weighted by Gasteiger charge is 2.32. The van der Waals surface area contributed by atoms with Gasteiger partial charge >= 0.3 is 0 Å². The number of fused-ring (bicyclic) bond motifs is 1. The van der Waals surface area contributed by atoms with Gasteiger partial charge in [0.1, 0.15) is 17.2 Å². The van der Waals surface area contributed by atoms with Crippen molar-refractivity contribution in [1.82, 2.24) is 0 Å². The van der Waals surface area contributed by atoms with Gasteiger partial charge in [0.2, 0.25) is 0 Å². The first-order chi connectivity index (χ1) is 15.7. The van der Waals surface area contributed by atoms with E-state index in [0.717, 1.165) is 17.1 Å². The van der Waals surface area contributed by atoms with Crippen molar-refractivity contribution >= 4 is 22.2 Å². The predicted molar refractivity (Wildman–Crippen MR) is 128 cm³/mol. The summed E-state index contributed by atoms with van der Waals surface area (Å²) in [5.74, 6) is 1.54. The van der Waals surface area contributed by atoms with E-state index in [9.17, 15) is 5.11 Å². The highest BCUT2D eigenvalue weighted by molar-refractivity contribution is 6.06. The van der Waals surface area contributed by atoms with Gasteiger partial charge in [0.15, 0.2) is 0 Å². The maximum atomic E-state index is 10.7. The third-order valence-corrected chi connectivity index (χ3v) is 5.93. The van der Waals surface area contributed by atoms with Crippen LogP contribution in [0, 0.1) is 0 Å². The molecule has 32 heavy (non-hydrogen) atoms. The molecule has 1 heterocycles. The first-order valence-corrected chi connectivity index (χ1v) is 10.5. The summed E-state index contributed by atoms with van der Waals surface area (Å²) < 4.78 is 10.7. The Hall–Kier alpha value is -3.99. The Morgan fingerprint density at radius 3 is 2.41 bits per heavy atom. The van der Waals surface area contributed by atoms with Gasteiger partial charge in [0.05, 0.1) is 31.7 Å². The van der Waals surface area contributed by atoms with Gasteiger partial charge in [-0.2, -0.15) is 5.10 Å². The smallest absolute Gasteiger partial charge is 0.128 e. The number of phenols is 1. The molecule has 4 aromatic carbocycles. The Morgan fingerprint density at radius 1 is 0.844 bits per heavy atom. The van der Waals surface area contributed by atoms with Crippen molar-refractivity contribution in [1.29, 1.82) is 0 Å². The number of aromatic hydroxyl groups is 1. The number of methoxy groups -OCH3 is 2. The maximum absolute atomic E-state index is 10.7. The molecule has 1 aliphatic heterocycles. The van der Waals surface area contributed by atoms with Crippen LogP contribution in [0.3, 0.4) is 0 Å². The van der Waals surface area contributed by atoms with E-state index in [2.05, 4.69) is 42.5 Å². The molecule has 160 valence electrons. The lowest BCUT2D eigenvalue weighted by atomic mass is 9.93. The predicted octanol–water partition coefficient (Wildman–Crippen LogP) is 5.92. The minimum Gasteiger partial charge on any atom is -0.507 e. The van der Waals surface area contributed by atoms with Gasteiger partial charge < -0.3 is 14.6 Å². The molecule has 4 aromatic rings. The standard InChI is InChI=1S/C27H24N2O3/c1-31-20-10-6-9-19(15-20)29-26(23-12-5-8-18-7-3-4-11-22(18)23)17-25(28-29)24-14-13-21(32-2)16-27(24)30/h3-16,26,30H,17H2,1-2H3. The Morgan fingerprint density at radius 2 is 1.59 bits per heavy atom. The molecule has 0 bridgehead atoms. The van der Waals surface area contributed by atoms with Crippen LogP contribution in [-0.2, 0) is 0 Å². The molecule has 0 saturated carbocycles. The average molecular weight is 425 g/mol. The molecule has 5 nitrogen and oxygen atoms in total. The molecular weight excluding hydrogens is 400 g/mol. The molecule has 1 N–H and O–H groups in total. The summed E-state index contributed by atoms with van der Waals surface area (Å²) in [4.78, 5) is 0. The summed E-state index contributed by atoms with van der Waals surface area (Å²) >= 11 is 0. The molecule has 1 aliphatic rings. The lowest BCUT2D eigenvalue weighted by Crippen LogP contribution is -2.18. The molecule has 0 saturated heterocycles. The summed E-state index contributed by atoms with van der Waals surface area (Å²) in [5, 5.41) is 20.0. The minimum atomic E-state index is -0.0234. The quantitative estimate of drug-likeness (QED) is 0.432. The molecule has 1 unspecified atom stereocenters. The number of hydrogen-bond acceptors (Lipinski definition) is 5. The SMILES string of the molecule is COc1cccc(N2N=C(c3ccc(OC)cc3O)CC2c2cccc3ccccc23)c1. The van der Waals surface area contributed by atoms with Gasteiger partial charge in [0, 0.05) is 24.1 Å². The normalized spacial score (nSPS) is 15.6. The van der Waals surface area contributed by atoms with Crippen LogP contribution in [0.15, 0.2) is 90.0 Å². The Kier molecular flexibility index (Phi) is 5.15. The summed E-state index contributed by atoms with van der Waals surface area (Å²) in [6, 6.07) is 28.0. The van der Waals surface area contributed by atoms with Crippen molar-refractivity contribution in [3.05, 3.63) is 96.1 Å². The number of nitrogens with zero attached hydrogens (tertiary/aromatic N) is 2. The van der Waals surface area contributed by atoms with Crippen LogP contribution in [0.5, 0.6) is 17.2 Å². The van der Waals surface area contributed by atoms with Gasteiger partial charge in [-0.05, 0) is 40.6 Å². The molecule has 0 spiro atoms. The second-order valence-corrected chi connectivity index (χ2v) is 7.76. The van der Waals surface area contributed by atoms with Gasteiger partial charge in [-0.3, -0.25) is 5.01 Å². The second-order valence-electron chi connectivity index (χ2n) is 7.76. The average Bonchev–Trinajstić information content (AvgIpc) is 3.28. The van der Waals surface area contributed by atoms with E-state index >= 15 is 0 Å². The topological polar surface area (TPSA) is 54.3 Å². The lowest BCUT2D eigenvalue weighted by Gasteiger charge is -2.25. The molecule has 0 aromatic heterocycles. The van der Waals surface area contributed by atoms with E-state index in [1.165, 1.54) is 16.3 Å². The van der Waals surface area contributed by atoms with Crippen LogP contribution in [0.1, 0.15) is 23.6 Å². The summed E-state index contributed by atoms with van der Waals surface area (Å²) in [6.45, 7) is 0. The zero-order chi connectivity index (χ0) is 22.1. The van der Waals surface area contributed by atoms with Gasteiger partial charge in [-0.25, -0.2) is 0 Å². The molecule has 1 atom stereocenters. The number of rotatable bonds is 5. The second kappa shape index (κ2) is 8.27. The monoisotopic (exact) mass is 424 g/mol. The minimum absolute atomic E-state index is 0.0234. The highest BCUT2D eigenvalue weighted by Crippen LogP contribution is 2.41. The molecule has 0 fully saturated rings. The van der Waals surface area contributed by atoms with Gasteiger partial charge in [-0.1, -0.05) is 48.5 Å². The number of phenolic OH excluding ortho intramolecular Hbond substituents is 1. The molecule has 0 radical (unpaired) electrons. The van der Waals surface area contributed by atoms with E-state index in [1.54, 1.807) is 20.3 Å². The van der Waals surface area contributed by atoms with Crippen LogP contribution < -0.4 is 14.5 Å². The van der Waals surface area contributed by atoms with Crippen LogP contribution in [-0.4, -0.2) is 25.0 Å². The van der Waals surface area contributed by atoms with E-state index in [4.69, 9.17) is 14.6 Å². The first kappa shape index (κ1) is 19.9. The Labute approximate surface area is 187 Å². The van der Waals surface area contributed by atoms with Crippen LogP contribution in [0.2, 0.25) is 0 Å². The van der Waals surface area contributed by atoms with Gasteiger partial charge in [0.25, 0.3) is 0 Å². The Bertz CT molecular complexity index is 1310. The van der Waals surface area contributed by atoms with Crippen molar-refractivity contribution in [2.45, 2.75) is 12.5 Å². The third-order valence-electron chi connectivity index (χ3n) is 5.93. The van der Waals surface area contributed by atoms with Crippen molar-refractivity contribution in [3.63, 3.8) is 0 Å². The fraction of sp³-hybridized carbons (Fsp3) is 0.148. The summed E-state index contributed by atoms with van der Waals surface area (Å²) in [7, 11) is 3.25. The number of ether oxygens (including phenoxy) is 2. The molecule has 5 heteroatoms. The third kappa shape index (κ3) is 3.52. The number of anilines is 1. The van der Waals surface area contributed by atoms with Gasteiger partial charge in [-0.15, -0.1) is 0 Å². The lowest BCUT2D eigenvalue weighted by molar-refractivity contribution is 0.407. The number of hydrogen-bond donors (Lipinski definition) is 1. The van der Waals surface area contributed by atoms with Crippen molar-refractivity contribution in [2.75, 3.05) is 19.2 Å². The molecule has 0 aliphatic carbocycles. The van der Waals surface area contributed by atoms with E-state index < -0.39 is 0 Å². The summed E-state index contributed by atoms with van der Waals surface area (Å²) in [6.07, 6.45) is 0.658. The first-order valence-electron chi connectivity index (χ1n) is 10.5. The Balaban J connectivity index is 1.64. The fourth-order valence-electron chi connectivity index (χ4n) is 4.33. The summed E-state index contributed by atoms with van der Waals surface area (Å²) in [5.41, 5.74) is 3.66. The fourth-order valence-corrected chi connectivity index (χ4v) is 4.33.